The van der Waals surface area contributed by atoms with Crippen LogP contribution < -0.4 is 0 Å². The van der Waals surface area contributed by atoms with Gasteiger partial charge in [0, 0.05) is 6.54 Å². The van der Waals surface area contributed by atoms with E-state index in [0.29, 0.717) is 17.7 Å². The highest BCUT2D eigenvalue weighted by atomic mass is 16.2. The van der Waals surface area contributed by atoms with Crippen molar-refractivity contribution in [3.63, 3.8) is 0 Å². The molecule has 1 heterocycles. The third-order valence-corrected chi connectivity index (χ3v) is 4.17. The Morgan fingerprint density at radius 3 is 2.65 bits per heavy atom. The van der Waals surface area contributed by atoms with E-state index < -0.39 is 0 Å². The van der Waals surface area contributed by atoms with Crippen LogP contribution in [0.5, 0.6) is 0 Å². The summed E-state index contributed by atoms with van der Waals surface area (Å²) < 4.78 is 0. The molecule has 20 heavy (non-hydrogen) atoms. The van der Waals surface area contributed by atoms with E-state index in [9.17, 15) is 9.59 Å². The standard InChI is InChI=1S/C17H19NO2/c1-12-7-8-14-15(11-12)17(20)18(16(14)19)10-9-13-5-3-2-4-6-13/h5,7-8,11H,2-4,6,9-10H2,1H3. The minimum atomic E-state index is -0.138. The van der Waals surface area contributed by atoms with Gasteiger partial charge in [0.25, 0.3) is 11.8 Å². The summed E-state index contributed by atoms with van der Waals surface area (Å²) in [5.74, 6) is -0.272. The number of aryl methyl sites for hydroxylation is 1. The monoisotopic (exact) mass is 269 g/mol. The number of carbonyl (C=O) groups is 2. The molecule has 2 aliphatic rings. The topological polar surface area (TPSA) is 37.4 Å². The van der Waals surface area contributed by atoms with Crippen molar-refractivity contribution in [1.29, 1.82) is 0 Å². The van der Waals surface area contributed by atoms with Crippen LogP contribution in [0.15, 0.2) is 29.8 Å². The van der Waals surface area contributed by atoms with Gasteiger partial charge in [0.2, 0.25) is 0 Å². The average Bonchev–Trinajstić information content (AvgIpc) is 2.70. The van der Waals surface area contributed by atoms with E-state index in [0.717, 1.165) is 24.8 Å². The molecule has 3 heteroatoms. The Bertz CT molecular complexity index is 601. The number of allylic oxidation sites excluding steroid dienone is 1. The molecule has 1 aromatic rings. The number of fused-ring (bicyclic) bond motifs is 1. The molecule has 3 nitrogen and oxygen atoms in total. The van der Waals surface area contributed by atoms with Crippen molar-refractivity contribution in [2.45, 2.75) is 39.0 Å². The summed E-state index contributed by atoms with van der Waals surface area (Å²) in [6.07, 6.45) is 7.83. The molecular weight excluding hydrogens is 250 g/mol. The Hall–Kier alpha value is -1.90. The van der Waals surface area contributed by atoms with Crippen molar-refractivity contribution >= 4 is 11.8 Å². The van der Waals surface area contributed by atoms with Crippen LogP contribution >= 0.6 is 0 Å². The van der Waals surface area contributed by atoms with Crippen molar-refractivity contribution in [2.24, 2.45) is 0 Å². The van der Waals surface area contributed by atoms with Gasteiger partial charge in [-0.25, -0.2) is 0 Å². The average molecular weight is 269 g/mol. The minimum Gasteiger partial charge on any atom is -0.274 e. The molecule has 0 saturated carbocycles. The first-order valence-corrected chi connectivity index (χ1v) is 7.31. The first-order chi connectivity index (χ1) is 9.66. The maximum Gasteiger partial charge on any atom is 0.261 e. The lowest BCUT2D eigenvalue weighted by Crippen LogP contribution is -2.31. The lowest BCUT2D eigenvalue weighted by molar-refractivity contribution is 0.0655. The zero-order valence-corrected chi connectivity index (χ0v) is 11.8. The summed E-state index contributed by atoms with van der Waals surface area (Å²) in [5, 5.41) is 0. The third-order valence-electron chi connectivity index (χ3n) is 4.17. The van der Waals surface area contributed by atoms with Crippen LogP contribution in [-0.2, 0) is 0 Å². The summed E-state index contributed by atoms with van der Waals surface area (Å²) in [4.78, 5) is 26.0. The number of hydrogen-bond donors (Lipinski definition) is 0. The second-order valence-electron chi connectivity index (χ2n) is 5.67. The molecule has 0 bridgehead atoms. The lowest BCUT2D eigenvalue weighted by Gasteiger charge is -2.17. The number of carbonyl (C=O) groups excluding carboxylic acids is 2. The molecule has 0 radical (unpaired) electrons. The highest BCUT2D eigenvalue weighted by Gasteiger charge is 2.35. The van der Waals surface area contributed by atoms with Gasteiger partial charge >= 0.3 is 0 Å². The predicted molar refractivity (Wildman–Crippen MR) is 77.7 cm³/mol. The van der Waals surface area contributed by atoms with Gasteiger partial charge in [-0.1, -0.05) is 23.3 Å². The lowest BCUT2D eigenvalue weighted by atomic mass is 9.97. The van der Waals surface area contributed by atoms with Crippen LogP contribution in [0.1, 0.15) is 58.4 Å². The van der Waals surface area contributed by atoms with E-state index in [1.54, 1.807) is 6.07 Å². The van der Waals surface area contributed by atoms with E-state index in [2.05, 4.69) is 6.08 Å². The molecule has 2 amide bonds. The van der Waals surface area contributed by atoms with Crippen LogP contribution in [0.3, 0.4) is 0 Å². The zero-order chi connectivity index (χ0) is 14.1. The van der Waals surface area contributed by atoms with E-state index in [1.165, 1.54) is 23.3 Å². The van der Waals surface area contributed by atoms with Crippen molar-refractivity contribution in [3.05, 3.63) is 46.5 Å². The molecule has 1 aliphatic carbocycles. The normalized spacial score (nSPS) is 18.2. The molecular formula is C17H19NO2. The third kappa shape index (κ3) is 2.28. The van der Waals surface area contributed by atoms with Gasteiger partial charge in [-0.2, -0.15) is 0 Å². The van der Waals surface area contributed by atoms with Crippen LogP contribution in [0.25, 0.3) is 0 Å². The van der Waals surface area contributed by atoms with Gasteiger partial charge in [-0.15, -0.1) is 0 Å². The van der Waals surface area contributed by atoms with Crippen LogP contribution in [0.4, 0.5) is 0 Å². The van der Waals surface area contributed by atoms with Crippen LogP contribution in [0, 0.1) is 6.92 Å². The molecule has 1 aromatic carbocycles. The van der Waals surface area contributed by atoms with Crippen molar-refractivity contribution in [1.82, 2.24) is 4.90 Å². The summed E-state index contributed by atoms with van der Waals surface area (Å²) in [6.45, 7) is 2.45. The maximum atomic E-state index is 12.3. The van der Waals surface area contributed by atoms with Gasteiger partial charge in [0.05, 0.1) is 11.1 Å². The molecule has 0 aromatic heterocycles. The number of rotatable bonds is 3. The SMILES string of the molecule is Cc1ccc2c(c1)C(=O)N(CCC1=CCCCC1)C2=O. The first-order valence-electron chi connectivity index (χ1n) is 7.31. The van der Waals surface area contributed by atoms with Crippen LogP contribution in [-0.4, -0.2) is 23.3 Å². The number of imide groups is 1. The first kappa shape index (κ1) is 13.1. The largest absolute Gasteiger partial charge is 0.274 e. The summed E-state index contributed by atoms with van der Waals surface area (Å²) in [7, 11) is 0. The van der Waals surface area contributed by atoms with E-state index in [1.807, 2.05) is 19.1 Å². The fraction of sp³-hybridized carbons (Fsp3) is 0.412. The minimum absolute atomic E-state index is 0.134. The van der Waals surface area contributed by atoms with Crippen molar-refractivity contribution in [2.75, 3.05) is 6.54 Å². The Kier molecular flexibility index (Phi) is 3.43. The number of hydrogen-bond acceptors (Lipinski definition) is 2. The molecule has 0 saturated heterocycles. The maximum absolute atomic E-state index is 12.3. The molecule has 0 unspecified atom stereocenters. The fourth-order valence-electron chi connectivity index (χ4n) is 2.99. The number of nitrogens with zero attached hydrogens (tertiary/aromatic N) is 1. The highest BCUT2D eigenvalue weighted by Crippen LogP contribution is 2.26. The van der Waals surface area contributed by atoms with Gasteiger partial charge < -0.3 is 0 Å². The van der Waals surface area contributed by atoms with E-state index >= 15 is 0 Å². The Labute approximate surface area is 119 Å². The highest BCUT2D eigenvalue weighted by molar-refractivity contribution is 6.21. The summed E-state index contributed by atoms with van der Waals surface area (Å²) in [5.41, 5.74) is 3.52. The van der Waals surface area contributed by atoms with E-state index in [4.69, 9.17) is 0 Å². The molecule has 104 valence electrons. The molecule has 3 rings (SSSR count). The number of benzene rings is 1. The summed E-state index contributed by atoms with van der Waals surface area (Å²) >= 11 is 0. The van der Waals surface area contributed by atoms with E-state index in [-0.39, 0.29) is 11.8 Å². The molecule has 0 spiro atoms. The van der Waals surface area contributed by atoms with Gasteiger partial charge in [-0.05, 0) is 51.2 Å². The quantitative estimate of drug-likeness (QED) is 0.622. The van der Waals surface area contributed by atoms with Gasteiger partial charge in [0.1, 0.15) is 0 Å². The number of amides is 2. The second-order valence-corrected chi connectivity index (χ2v) is 5.67. The Morgan fingerprint density at radius 2 is 1.90 bits per heavy atom. The van der Waals surface area contributed by atoms with Crippen molar-refractivity contribution < 1.29 is 9.59 Å². The predicted octanol–water partition coefficient (Wildman–Crippen LogP) is 3.48. The zero-order valence-electron chi connectivity index (χ0n) is 11.8. The Morgan fingerprint density at radius 1 is 1.10 bits per heavy atom. The van der Waals surface area contributed by atoms with Crippen LogP contribution in [0.2, 0.25) is 0 Å². The van der Waals surface area contributed by atoms with Gasteiger partial charge in [0.15, 0.2) is 0 Å². The molecule has 0 atom stereocenters. The molecule has 0 N–H and O–H groups in total. The second kappa shape index (κ2) is 5.23. The molecule has 1 aliphatic heterocycles. The van der Waals surface area contributed by atoms with Gasteiger partial charge in [-0.3, -0.25) is 14.5 Å². The smallest absolute Gasteiger partial charge is 0.261 e. The Balaban J connectivity index is 1.74. The summed E-state index contributed by atoms with van der Waals surface area (Å²) in [6, 6.07) is 5.47. The van der Waals surface area contributed by atoms with Crippen molar-refractivity contribution in [3.8, 4) is 0 Å². The fourth-order valence-corrected chi connectivity index (χ4v) is 2.99. The molecule has 0 fully saturated rings.